The Hall–Kier alpha value is -0.290. The molecule has 0 aromatic heterocycles. The summed E-state index contributed by atoms with van der Waals surface area (Å²) in [5.41, 5.74) is 0.414. The van der Waals surface area contributed by atoms with Crippen molar-refractivity contribution in [2.45, 2.75) is 5.75 Å². The molecule has 72 valence electrons. The third-order valence-corrected chi connectivity index (χ3v) is 2.96. The minimum Gasteiger partial charge on any atom is -0.228 e. The third-order valence-electron chi connectivity index (χ3n) is 1.39. The number of benzene rings is 1. The highest BCUT2D eigenvalue weighted by Gasteiger charge is 2.10. The van der Waals surface area contributed by atoms with Gasteiger partial charge in [0.05, 0.1) is 15.8 Å². The molecule has 0 spiro atoms. The van der Waals surface area contributed by atoms with Crippen molar-refractivity contribution in [1.29, 1.82) is 0 Å². The minimum absolute atomic E-state index is 0.234. The first-order chi connectivity index (χ1) is 5.90. The summed E-state index contributed by atoms with van der Waals surface area (Å²) < 4.78 is 21.5. The van der Waals surface area contributed by atoms with E-state index in [4.69, 9.17) is 28.3 Å². The van der Waals surface area contributed by atoms with Crippen LogP contribution in [-0.4, -0.2) is 8.42 Å². The molecule has 2 N–H and O–H groups in total. The smallest absolute Gasteiger partial charge is 0.213 e. The van der Waals surface area contributed by atoms with Gasteiger partial charge in [-0.3, -0.25) is 0 Å². The van der Waals surface area contributed by atoms with E-state index >= 15 is 0 Å². The molecule has 0 aliphatic rings. The van der Waals surface area contributed by atoms with E-state index in [-0.39, 0.29) is 10.8 Å². The number of hydrogen-bond donors (Lipinski definition) is 1. The van der Waals surface area contributed by atoms with Crippen LogP contribution in [0.1, 0.15) is 5.56 Å². The Morgan fingerprint density at radius 1 is 1.31 bits per heavy atom. The van der Waals surface area contributed by atoms with Crippen LogP contribution < -0.4 is 5.14 Å². The van der Waals surface area contributed by atoms with Crippen LogP contribution >= 0.6 is 23.2 Å². The molecule has 1 rings (SSSR count). The van der Waals surface area contributed by atoms with Crippen molar-refractivity contribution in [3.05, 3.63) is 33.8 Å². The molecule has 0 saturated carbocycles. The Morgan fingerprint density at radius 2 is 1.92 bits per heavy atom. The molecule has 0 radical (unpaired) electrons. The van der Waals surface area contributed by atoms with Crippen LogP contribution in [0.15, 0.2) is 18.2 Å². The third kappa shape index (κ3) is 3.15. The van der Waals surface area contributed by atoms with Crippen molar-refractivity contribution in [2.24, 2.45) is 5.14 Å². The van der Waals surface area contributed by atoms with Gasteiger partial charge in [-0.05, 0) is 11.6 Å². The normalized spacial score (nSPS) is 11.6. The Labute approximate surface area is 86.5 Å². The molecule has 1 aromatic rings. The van der Waals surface area contributed by atoms with E-state index in [0.717, 1.165) is 0 Å². The van der Waals surface area contributed by atoms with E-state index in [1.807, 2.05) is 0 Å². The lowest BCUT2D eigenvalue weighted by atomic mass is 10.2. The van der Waals surface area contributed by atoms with Gasteiger partial charge in [0.2, 0.25) is 10.0 Å². The van der Waals surface area contributed by atoms with E-state index in [1.165, 1.54) is 0 Å². The van der Waals surface area contributed by atoms with Crippen molar-refractivity contribution in [1.82, 2.24) is 0 Å². The number of nitrogens with two attached hydrogens (primary N) is 1. The van der Waals surface area contributed by atoms with Gasteiger partial charge in [-0.1, -0.05) is 35.3 Å². The van der Waals surface area contributed by atoms with Crippen molar-refractivity contribution in [3.63, 3.8) is 0 Å². The highest BCUT2D eigenvalue weighted by molar-refractivity contribution is 7.88. The first-order valence-electron chi connectivity index (χ1n) is 3.33. The van der Waals surface area contributed by atoms with Crippen LogP contribution in [0.2, 0.25) is 10.0 Å². The molecular weight excluding hydrogens is 233 g/mol. The maximum absolute atomic E-state index is 10.7. The molecule has 0 fully saturated rings. The first-order valence-corrected chi connectivity index (χ1v) is 5.80. The molecule has 6 heteroatoms. The van der Waals surface area contributed by atoms with Crippen LogP contribution in [0, 0.1) is 0 Å². The Balaban J connectivity index is 3.10. The number of sulfonamides is 1. The van der Waals surface area contributed by atoms with Crippen LogP contribution in [0.25, 0.3) is 0 Å². The van der Waals surface area contributed by atoms with Gasteiger partial charge in [0.15, 0.2) is 0 Å². The van der Waals surface area contributed by atoms with Gasteiger partial charge in [-0.15, -0.1) is 0 Å². The number of halogens is 2. The summed E-state index contributed by atoms with van der Waals surface area (Å²) in [6.45, 7) is 0. The van der Waals surface area contributed by atoms with Gasteiger partial charge >= 0.3 is 0 Å². The lowest BCUT2D eigenvalue weighted by molar-refractivity contribution is 0.597. The Morgan fingerprint density at radius 3 is 2.46 bits per heavy atom. The predicted octanol–water partition coefficient (Wildman–Crippen LogP) is 1.78. The maximum atomic E-state index is 10.7. The quantitative estimate of drug-likeness (QED) is 0.856. The second kappa shape index (κ2) is 3.84. The largest absolute Gasteiger partial charge is 0.228 e. The zero-order valence-corrected chi connectivity index (χ0v) is 8.83. The second-order valence-electron chi connectivity index (χ2n) is 2.52. The summed E-state index contributed by atoms with van der Waals surface area (Å²) in [5.74, 6) is -0.299. The Kier molecular flexibility index (Phi) is 3.18. The van der Waals surface area contributed by atoms with Gasteiger partial charge in [0.1, 0.15) is 0 Å². The summed E-state index contributed by atoms with van der Waals surface area (Å²) in [7, 11) is -3.56. The van der Waals surface area contributed by atoms with E-state index in [9.17, 15) is 8.42 Å². The van der Waals surface area contributed by atoms with E-state index < -0.39 is 10.0 Å². The Bertz CT molecular complexity index is 417. The fourth-order valence-corrected chi connectivity index (χ4v) is 2.02. The predicted molar refractivity (Wildman–Crippen MR) is 53.3 cm³/mol. The standard InChI is InChI=1S/C7H7Cl2NO2S/c8-6-3-1-2-5(7(6)9)4-13(10,11)12/h1-3H,4H2,(H2,10,11,12). The molecule has 3 nitrogen and oxygen atoms in total. The summed E-state index contributed by atoms with van der Waals surface area (Å²) in [4.78, 5) is 0. The van der Waals surface area contributed by atoms with Gasteiger partial charge in [-0.2, -0.15) is 0 Å². The molecule has 0 unspecified atom stereocenters. The van der Waals surface area contributed by atoms with E-state index in [0.29, 0.717) is 10.6 Å². The first kappa shape index (κ1) is 10.8. The number of primary sulfonamides is 1. The zero-order valence-electron chi connectivity index (χ0n) is 6.50. The lowest BCUT2D eigenvalue weighted by Gasteiger charge is -2.03. The average Bonchev–Trinajstić information content (AvgIpc) is 1.96. The average molecular weight is 240 g/mol. The van der Waals surface area contributed by atoms with Crippen LogP contribution in [0.3, 0.4) is 0 Å². The van der Waals surface area contributed by atoms with Crippen molar-refractivity contribution >= 4 is 33.2 Å². The van der Waals surface area contributed by atoms with E-state index in [1.54, 1.807) is 18.2 Å². The van der Waals surface area contributed by atoms with Gasteiger partial charge in [0, 0.05) is 0 Å². The van der Waals surface area contributed by atoms with Crippen LogP contribution in [0.5, 0.6) is 0 Å². The maximum Gasteiger partial charge on any atom is 0.213 e. The molecule has 0 aliphatic heterocycles. The zero-order chi connectivity index (χ0) is 10.1. The van der Waals surface area contributed by atoms with Gasteiger partial charge < -0.3 is 0 Å². The molecule has 0 bridgehead atoms. The van der Waals surface area contributed by atoms with E-state index in [2.05, 4.69) is 0 Å². The summed E-state index contributed by atoms with van der Waals surface area (Å²) in [5, 5.41) is 5.41. The molecule has 0 amide bonds. The molecule has 13 heavy (non-hydrogen) atoms. The van der Waals surface area contributed by atoms with Crippen molar-refractivity contribution in [2.75, 3.05) is 0 Å². The minimum atomic E-state index is -3.56. The highest BCUT2D eigenvalue weighted by atomic mass is 35.5. The SMILES string of the molecule is NS(=O)(=O)Cc1cccc(Cl)c1Cl. The molecule has 0 atom stereocenters. The van der Waals surface area contributed by atoms with Crippen LogP contribution in [0.4, 0.5) is 0 Å². The highest BCUT2D eigenvalue weighted by Crippen LogP contribution is 2.26. The molecule has 0 saturated heterocycles. The van der Waals surface area contributed by atoms with Crippen LogP contribution in [-0.2, 0) is 15.8 Å². The van der Waals surface area contributed by atoms with Gasteiger partial charge in [-0.25, -0.2) is 13.6 Å². The summed E-state index contributed by atoms with van der Waals surface area (Å²) in [6.07, 6.45) is 0. The van der Waals surface area contributed by atoms with Crippen molar-refractivity contribution < 1.29 is 8.42 Å². The second-order valence-corrected chi connectivity index (χ2v) is 4.92. The lowest BCUT2D eigenvalue weighted by Crippen LogP contribution is -2.14. The molecule has 0 aliphatic carbocycles. The molecular formula is C7H7Cl2NO2S. The monoisotopic (exact) mass is 239 g/mol. The van der Waals surface area contributed by atoms with Gasteiger partial charge in [0.25, 0.3) is 0 Å². The number of hydrogen-bond acceptors (Lipinski definition) is 2. The topological polar surface area (TPSA) is 60.2 Å². The van der Waals surface area contributed by atoms with Crippen molar-refractivity contribution in [3.8, 4) is 0 Å². The summed E-state index contributed by atoms with van der Waals surface area (Å²) in [6, 6.07) is 4.77. The fraction of sp³-hybridized carbons (Fsp3) is 0.143. The fourth-order valence-electron chi connectivity index (χ4n) is 0.877. The summed E-state index contributed by atoms with van der Waals surface area (Å²) >= 11 is 11.4. The molecule has 0 heterocycles. The number of rotatable bonds is 2. The molecule has 1 aromatic carbocycles.